The van der Waals surface area contributed by atoms with Gasteiger partial charge >= 0.3 is 12.2 Å². The smallest absolute Gasteiger partial charge is 0.425 e. The van der Waals surface area contributed by atoms with E-state index in [9.17, 15) is 9.59 Å². The molecule has 2 amide bonds. The predicted octanol–water partition coefficient (Wildman–Crippen LogP) is 7.86. The molecule has 1 unspecified atom stereocenters. The number of aromatic nitrogens is 1. The molecule has 1 aliphatic carbocycles. The molecule has 0 aliphatic heterocycles. The summed E-state index contributed by atoms with van der Waals surface area (Å²) in [6.07, 6.45) is 1.44. The van der Waals surface area contributed by atoms with Gasteiger partial charge in [-0.2, -0.15) is 4.90 Å². The van der Waals surface area contributed by atoms with Crippen LogP contribution in [0.1, 0.15) is 71.6 Å². The lowest BCUT2D eigenvalue weighted by Crippen LogP contribution is -2.44. The van der Waals surface area contributed by atoms with Crippen LogP contribution in [0.2, 0.25) is 5.02 Å². The van der Waals surface area contributed by atoms with E-state index in [1.165, 1.54) is 17.5 Å². The van der Waals surface area contributed by atoms with Crippen molar-refractivity contribution < 1.29 is 28.3 Å². The Balaban J connectivity index is 1.60. The molecule has 3 aromatic rings. The number of hydrogen-bond acceptors (Lipinski definition) is 7. The Kier molecular flexibility index (Phi) is 7.66. The Morgan fingerprint density at radius 1 is 1.03 bits per heavy atom. The van der Waals surface area contributed by atoms with Crippen molar-refractivity contribution in [2.75, 3.05) is 4.90 Å². The highest BCUT2D eigenvalue weighted by atomic mass is 35.5. The maximum atomic E-state index is 13.0. The third-order valence-electron chi connectivity index (χ3n) is 6.03. The first kappa shape index (κ1) is 27.8. The molecule has 38 heavy (non-hydrogen) atoms. The highest BCUT2D eigenvalue weighted by Crippen LogP contribution is 2.34. The third kappa shape index (κ3) is 6.59. The van der Waals surface area contributed by atoms with E-state index in [0.29, 0.717) is 27.5 Å². The van der Waals surface area contributed by atoms with Gasteiger partial charge in [-0.25, -0.2) is 9.59 Å². The number of ether oxygens (including phenoxy) is 3. The van der Waals surface area contributed by atoms with Crippen molar-refractivity contribution in [2.24, 2.45) is 5.92 Å². The van der Waals surface area contributed by atoms with Gasteiger partial charge in [-0.15, -0.1) is 0 Å². The molecule has 0 saturated carbocycles. The summed E-state index contributed by atoms with van der Waals surface area (Å²) in [4.78, 5) is 26.8. The number of hydrogen-bond donors (Lipinski definition) is 0. The van der Waals surface area contributed by atoms with Crippen molar-refractivity contribution >= 4 is 40.6 Å². The first-order valence-corrected chi connectivity index (χ1v) is 13.2. The molecule has 204 valence electrons. The molecule has 0 N–H and O–H groups in total. The van der Waals surface area contributed by atoms with Crippen LogP contribution in [-0.2, 0) is 28.9 Å². The van der Waals surface area contributed by atoms with Crippen molar-refractivity contribution in [3.63, 3.8) is 0 Å². The van der Waals surface area contributed by atoms with E-state index in [2.05, 4.69) is 24.2 Å². The largest absolute Gasteiger partial charge is 0.489 e. The van der Waals surface area contributed by atoms with Crippen LogP contribution in [-0.4, -0.2) is 28.5 Å². The second-order valence-electron chi connectivity index (χ2n) is 11.8. The normalized spacial score (nSPS) is 15.6. The molecular weight excluding hydrogens is 508 g/mol. The molecule has 0 spiro atoms. The monoisotopic (exact) mass is 542 g/mol. The van der Waals surface area contributed by atoms with Gasteiger partial charge in [0.2, 0.25) is 0 Å². The van der Waals surface area contributed by atoms with E-state index in [0.717, 1.165) is 23.5 Å². The Labute approximate surface area is 228 Å². The summed E-state index contributed by atoms with van der Waals surface area (Å²) in [5.74, 6) is 1.41. The van der Waals surface area contributed by atoms with Crippen molar-refractivity contribution in [3.05, 3.63) is 52.0 Å². The number of carbonyl (C=O) groups excluding carboxylic acids is 2. The average Bonchev–Trinajstić information content (AvgIpc) is 3.17. The van der Waals surface area contributed by atoms with Gasteiger partial charge in [0, 0.05) is 10.6 Å². The fraction of sp³-hybridized carbons (Fsp3) is 0.483. The Morgan fingerprint density at radius 3 is 2.32 bits per heavy atom. The van der Waals surface area contributed by atoms with E-state index < -0.39 is 23.4 Å². The molecule has 0 bridgehead atoms. The number of fused-ring (bicyclic) bond motifs is 2. The number of benzene rings is 2. The quantitative estimate of drug-likeness (QED) is 0.331. The number of anilines is 1. The van der Waals surface area contributed by atoms with Crippen LogP contribution in [0.15, 0.2) is 34.9 Å². The van der Waals surface area contributed by atoms with Gasteiger partial charge in [0.25, 0.3) is 0 Å². The second-order valence-corrected chi connectivity index (χ2v) is 12.2. The lowest BCUT2D eigenvalue weighted by molar-refractivity contribution is 0.0428. The van der Waals surface area contributed by atoms with Crippen LogP contribution < -0.4 is 9.64 Å². The van der Waals surface area contributed by atoms with Gasteiger partial charge in [-0.05, 0) is 102 Å². The Bertz CT molecular complexity index is 1320. The van der Waals surface area contributed by atoms with Crippen LogP contribution in [0, 0.1) is 5.92 Å². The first-order chi connectivity index (χ1) is 17.7. The van der Waals surface area contributed by atoms with E-state index in [4.69, 9.17) is 30.3 Å². The zero-order valence-corrected chi connectivity index (χ0v) is 23.8. The van der Waals surface area contributed by atoms with Gasteiger partial charge < -0.3 is 18.7 Å². The summed E-state index contributed by atoms with van der Waals surface area (Å²) < 4.78 is 22.4. The number of amides is 2. The van der Waals surface area contributed by atoms with Crippen LogP contribution in [0.25, 0.3) is 11.0 Å². The highest BCUT2D eigenvalue weighted by molar-refractivity contribution is 6.32. The van der Waals surface area contributed by atoms with E-state index in [1.807, 2.05) is 6.07 Å². The highest BCUT2D eigenvalue weighted by Gasteiger charge is 2.36. The summed E-state index contributed by atoms with van der Waals surface area (Å²) in [5.41, 5.74) is 2.01. The topological polar surface area (TPSA) is 91.1 Å². The standard InChI is InChI=1S/C29H35ClN2O6/c1-17-8-9-19-13-21(11-10-18(19)12-17)35-16-20-14-24-22(15-23(20)30)25(31-38-24)32(26(33)36-28(2,3)4)27(34)37-29(5,6)7/h10-11,13-15,17H,8-9,12,16H2,1-7H3. The number of aryl methyl sites for hydroxylation is 1. The molecule has 1 aromatic heterocycles. The molecule has 2 aromatic carbocycles. The SMILES string of the molecule is CC1CCc2cc(OCc3cc4onc(N(C(=O)OC(C)(C)C)C(=O)OC(C)(C)C)c4cc3Cl)ccc2C1. The van der Waals surface area contributed by atoms with Gasteiger partial charge in [0.05, 0.1) is 5.39 Å². The molecular formula is C29H35ClN2O6. The molecule has 1 heterocycles. The van der Waals surface area contributed by atoms with Gasteiger partial charge in [0.1, 0.15) is 23.6 Å². The first-order valence-electron chi connectivity index (χ1n) is 12.8. The minimum Gasteiger partial charge on any atom is -0.489 e. The molecule has 8 nitrogen and oxygen atoms in total. The van der Waals surface area contributed by atoms with Crippen LogP contribution in [0.3, 0.4) is 0 Å². The molecule has 0 saturated heterocycles. The lowest BCUT2D eigenvalue weighted by atomic mass is 9.85. The van der Waals surface area contributed by atoms with E-state index >= 15 is 0 Å². The Hall–Kier alpha value is -3.26. The maximum Gasteiger partial charge on any atom is 0.425 e. The van der Waals surface area contributed by atoms with E-state index in [-0.39, 0.29) is 12.4 Å². The van der Waals surface area contributed by atoms with Crippen molar-refractivity contribution in [1.82, 2.24) is 5.16 Å². The second kappa shape index (κ2) is 10.5. The summed E-state index contributed by atoms with van der Waals surface area (Å²) in [6.45, 7) is 12.7. The molecule has 0 radical (unpaired) electrons. The van der Waals surface area contributed by atoms with Crippen LogP contribution >= 0.6 is 11.6 Å². The van der Waals surface area contributed by atoms with Crippen LogP contribution in [0.5, 0.6) is 5.75 Å². The van der Waals surface area contributed by atoms with Crippen molar-refractivity contribution in [1.29, 1.82) is 0 Å². The lowest BCUT2D eigenvalue weighted by Gasteiger charge is -2.27. The number of carbonyl (C=O) groups is 2. The Morgan fingerprint density at radius 2 is 1.68 bits per heavy atom. The molecule has 9 heteroatoms. The molecule has 4 rings (SSSR count). The summed E-state index contributed by atoms with van der Waals surface area (Å²) in [6, 6.07) is 9.50. The minimum atomic E-state index is -0.938. The van der Waals surface area contributed by atoms with E-state index in [1.54, 1.807) is 53.7 Å². The summed E-state index contributed by atoms with van der Waals surface area (Å²) in [7, 11) is 0. The molecule has 1 aliphatic rings. The zero-order valence-electron chi connectivity index (χ0n) is 23.0. The maximum absolute atomic E-state index is 13.0. The zero-order chi connectivity index (χ0) is 27.8. The van der Waals surface area contributed by atoms with Gasteiger partial charge in [-0.3, -0.25) is 0 Å². The molecule has 1 atom stereocenters. The number of imide groups is 1. The summed E-state index contributed by atoms with van der Waals surface area (Å²) in [5, 5.41) is 4.74. The summed E-state index contributed by atoms with van der Waals surface area (Å²) >= 11 is 6.61. The number of halogens is 1. The minimum absolute atomic E-state index is 0.0678. The predicted molar refractivity (Wildman–Crippen MR) is 146 cm³/mol. The van der Waals surface area contributed by atoms with Crippen molar-refractivity contribution in [2.45, 2.75) is 85.5 Å². The fourth-order valence-electron chi connectivity index (χ4n) is 4.29. The van der Waals surface area contributed by atoms with Gasteiger partial charge in [0.15, 0.2) is 11.4 Å². The fourth-order valence-corrected chi connectivity index (χ4v) is 4.50. The number of nitrogens with zero attached hydrogens (tertiary/aromatic N) is 2. The van der Waals surface area contributed by atoms with Crippen molar-refractivity contribution in [3.8, 4) is 5.75 Å². The van der Waals surface area contributed by atoms with Gasteiger partial charge in [-0.1, -0.05) is 29.7 Å². The van der Waals surface area contributed by atoms with Crippen LogP contribution in [0.4, 0.5) is 15.4 Å². The number of rotatable bonds is 4. The average molecular weight is 543 g/mol. The third-order valence-corrected chi connectivity index (χ3v) is 6.38. The molecule has 0 fully saturated rings.